The monoisotopic (exact) mass is 293 g/mol. The number of anilines is 1. The second kappa shape index (κ2) is 4.62. The van der Waals surface area contributed by atoms with E-state index < -0.39 is 23.7 Å². The summed E-state index contributed by atoms with van der Waals surface area (Å²) in [6.07, 6.45) is 0.823. The lowest BCUT2D eigenvalue weighted by Crippen LogP contribution is -2.38. The maximum atomic E-state index is 10.4. The molecule has 21 heavy (non-hydrogen) atoms. The number of fused-ring (bicyclic) bond motifs is 1. The van der Waals surface area contributed by atoms with Gasteiger partial charge in [0.05, 0.1) is 25.1 Å². The lowest BCUT2D eigenvalue weighted by atomic mass is 9.79. The topological polar surface area (TPSA) is 130 Å². The Kier molecular flexibility index (Phi) is 3.12. The lowest BCUT2D eigenvalue weighted by molar-refractivity contribution is -0.0470. The number of aromatic nitrogens is 4. The largest absolute Gasteiger partial charge is 0.396 e. The Morgan fingerprint density at radius 2 is 2.05 bits per heavy atom. The van der Waals surface area contributed by atoms with E-state index in [0.29, 0.717) is 11.2 Å². The Balaban J connectivity index is 2.13. The van der Waals surface area contributed by atoms with E-state index in [1.54, 1.807) is 11.5 Å². The summed E-state index contributed by atoms with van der Waals surface area (Å²) < 4.78 is 1.70. The third-order valence-corrected chi connectivity index (χ3v) is 4.95. The predicted octanol–water partition coefficient (Wildman–Crippen LogP) is -0.680. The number of aliphatic hydroxyl groups excluding tert-OH is 3. The van der Waals surface area contributed by atoms with Crippen LogP contribution in [0.3, 0.4) is 0 Å². The van der Waals surface area contributed by atoms with Gasteiger partial charge in [-0.1, -0.05) is 13.8 Å². The van der Waals surface area contributed by atoms with Gasteiger partial charge in [0.25, 0.3) is 0 Å². The number of nitrogen functional groups attached to an aromatic ring is 1. The van der Waals surface area contributed by atoms with Gasteiger partial charge in [0.1, 0.15) is 17.9 Å². The minimum absolute atomic E-state index is 0.180. The summed E-state index contributed by atoms with van der Waals surface area (Å²) in [5, 5.41) is 30.3. The Morgan fingerprint density at radius 3 is 2.67 bits per heavy atom. The van der Waals surface area contributed by atoms with Gasteiger partial charge >= 0.3 is 0 Å². The van der Waals surface area contributed by atoms with Crippen molar-refractivity contribution < 1.29 is 15.3 Å². The minimum atomic E-state index is -1.03. The maximum Gasteiger partial charge on any atom is 0.165 e. The molecule has 8 heteroatoms. The summed E-state index contributed by atoms with van der Waals surface area (Å²) >= 11 is 0. The number of hydrogen-bond acceptors (Lipinski definition) is 7. The van der Waals surface area contributed by atoms with Gasteiger partial charge in [0, 0.05) is 5.41 Å². The number of rotatable bonds is 2. The van der Waals surface area contributed by atoms with Crippen molar-refractivity contribution in [2.24, 2.45) is 11.3 Å². The van der Waals surface area contributed by atoms with Gasteiger partial charge in [-0.25, -0.2) is 15.0 Å². The van der Waals surface area contributed by atoms with Crippen molar-refractivity contribution in [3.63, 3.8) is 0 Å². The van der Waals surface area contributed by atoms with Crippen LogP contribution < -0.4 is 5.73 Å². The second-order valence-electron chi connectivity index (χ2n) is 5.96. The molecule has 0 amide bonds. The van der Waals surface area contributed by atoms with E-state index >= 15 is 0 Å². The second-order valence-corrected chi connectivity index (χ2v) is 5.96. The first-order valence-electron chi connectivity index (χ1n) is 6.81. The van der Waals surface area contributed by atoms with Gasteiger partial charge in [0.15, 0.2) is 11.5 Å². The van der Waals surface area contributed by atoms with E-state index in [2.05, 4.69) is 15.0 Å². The first kappa shape index (κ1) is 14.2. The molecule has 8 nitrogen and oxygen atoms in total. The van der Waals surface area contributed by atoms with Gasteiger partial charge in [-0.2, -0.15) is 0 Å². The smallest absolute Gasteiger partial charge is 0.165 e. The van der Waals surface area contributed by atoms with E-state index in [9.17, 15) is 15.3 Å². The zero-order chi connectivity index (χ0) is 15.4. The van der Waals surface area contributed by atoms with E-state index in [1.165, 1.54) is 12.7 Å². The molecule has 5 N–H and O–H groups in total. The molecule has 5 atom stereocenters. The van der Waals surface area contributed by atoms with Crippen molar-refractivity contribution in [1.29, 1.82) is 0 Å². The summed E-state index contributed by atoms with van der Waals surface area (Å²) in [4.78, 5) is 12.2. The molecule has 1 fully saturated rings. The highest BCUT2D eigenvalue weighted by Crippen LogP contribution is 2.49. The van der Waals surface area contributed by atoms with Crippen molar-refractivity contribution in [1.82, 2.24) is 19.5 Å². The van der Waals surface area contributed by atoms with Crippen LogP contribution in [-0.4, -0.2) is 53.7 Å². The quantitative estimate of drug-likeness (QED) is 0.577. The van der Waals surface area contributed by atoms with E-state index in [-0.39, 0.29) is 18.3 Å². The maximum absolute atomic E-state index is 10.4. The molecular formula is C13H19N5O3. The molecule has 0 aliphatic heterocycles. The van der Waals surface area contributed by atoms with Crippen molar-refractivity contribution in [2.45, 2.75) is 32.1 Å². The third-order valence-electron chi connectivity index (χ3n) is 4.95. The molecule has 0 aromatic carbocycles. The molecule has 3 rings (SSSR count). The van der Waals surface area contributed by atoms with Crippen molar-refractivity contribution in [2.75, 3.05) is 12.3 Å². The molecule has 2 aromatic rings. The number of aliphatic hydroxyl groups is 3. The molecule has 1 aliphatic carbocycles. The van der Waals surface area contributed by atoms with Gasteiger partial charge in [0.2, 0.25) is 0 Å². The summed E-state index contributed by atoms with van der Waals surface area (Å²) in [6.45, 7) is 3.43. The zero-order valence-electron chi connectivity index (χ0n) is 11.9. The predicted molar refractivity (Wildman–Crippen MR) is 75.1 cm³/mol. The van der Waals surface area contributed by atoms with Gasteiger partial charge in [-0.05, 0) is 5.92 Å². The molecule has 0 bridgehead atoms. The van der Waals surface area contributed by atoms with Gasteiger partial charge in [-0.15, -0.1) is 0 Å². The van der Waals surface area contributed by atoms with Crippen LogP contribution in [0.2, 0.25) is 0 Å². The Labute approximate surface area is 121 Å². The van der Waals surface area contributed by atoms with Crippen LogP contribution >= 0.6 is 0 Å². The molecule has 0 spiro atoms. The number of nitrogens with zero attached hydrogens (tertiary/aromatic N) is 4. The fourth-order valence-electron chi connectivity index (χ4n) is 3.26. The molecular weight excluding hydrogens is 274 g/mol. The van der Waals surface area contributed by atoms with Crippen LogP contribution in [0.1, 0.15) is 19.9 Å². The highest BCUT2D eigenvalue weighted by molar-refractivity contribution is 5.81. The summed E-state index contributed by atoms with van der Waals surface area (Å²) in [5.74, 6) is 0.0884. The average molecular weight is 293 g/mol. The zero-order valence-corrected chi connectivity index (χ0v) is 11.9. The summed E-state index contributed by atoms with van der Waals surface area (Å²) in [6, 6.07) is -0.448. The van der Waals surface area contributed by atoms with Crippen LogP contribution in [-0.2, 0) is 0 Å². The van der Waals surface area contributed by atoms with E-state index in [4.69, 9.17) is 5.73 Å². The molecule has 0 saturated heterocycles. The number of nitrogens with two attached hydrogens (primary N) is 1. The molecule has 1 saturated carbocycles. The summed E-state index contributed by atoms with van der Waals surface area (Å²) in [5.41, 5.74) is 5.94. The van der Waals surface area contributed by atoms with Gasteiger partial charge < -0.3 is 25.6 Å². The molecule has 0 radical (unpaired) electrons. The fraction of sp³-hybridized carbons (Fsp3) is 0.615. The molecule has 2 heterocycles. The Morgan fingerprint density at radius 1 is 1.33 bits per heavy atom. The van der Waals surface area contributed by atoms with Gasteiger partial charge in [-0.3, -0.25) is 0 Å². The standard InChI is InChI=1S/C13H19N5O3/c1-6-8(9(20)10(21)13(6,2)3-19)18-5-17-7-11(14)15-4-16-12(7)18/h4-6,8-10,19-21H,3H2,1-2H3,(H2,14,15,16)/t6-,8-,9+,10+,13+/m1/s1. The SMILES string of the molecule is C[C@@H]1[C@@H](n2cnc3c(N)ncnc32)[C@H](O)[C@H](O)[C@@]1(C)CO. The highest BCUT2D eigenvalue weighted by atomic mass is 16.3. The molecule has 1 aliphatic rings. The average Bonchev–Trinajstić information content (AvgIpc) is 2.96. The number of hydrogen-bond donors (Lipinski definition) is 4. The minimum Gasteiger partial charge on any atom is -0.396 e. The first-order valence-corrected chi connectivity index (χ1v) is 6.81. The van der Waals surface area contributed by atoms with E-state index in [0.717, 1.165) is 0 Å². The normalized spacial score (nSPS) is 36.4. The first-order chi connectivity index (χ1) is 9.91. The molecule has 114 valence electrons. The third kappa shape index (κ3) is 1.76. The Hall–Kier alpha value is -1.77. The summed E-state index contributed by atoms with van der Waals surface area (Å²) in [7, 11) is 0. The van der Waals surface area contributed by atoms with Crippen LogP contribution in [0.25, 0.3) is 11.2 Å². The van der Waals surface area contributed by atoms with Crippen molar-refractivity contribution in [3.05, 3.63) is 12.7 Å². The van der Waals surface area contributed by atoms with E-state index in [1.807, 2.05) is 6.92 Å². The van der Waals surface area contributed by atoms with Crippen LogP contribution in [0.5, 0.6) is 0 Å². The molecule has 2 aromatic heterocycles. The van der Waals surface area contributed by atoms with Crippen molar-refractivity contribution in [3.8, 4) is 0 Å². The van der Waals surface area contributed by atoms with Crippen LogP contribution in [0, 0.1) is 11.3 Å². The number of imidazole rings is 1. The lowest BCUT2D eigenvalue weighted by Gasteiger charge is -2.31. The van der Waals surface area contributed by atoms with Crippen LogP contribution in [0.15, 0.2) is 12.7 Å². The van der Waals surface area contributed by atoms with Crippen LogP contribution in [0.4, 0.5) is 5.82 Å². The molecule has 0 unspecified atom stereocenters. The Bertz CT molecular complexity index is 675. The fourth-order valence-corrected chi connectivity index (χ4v) is 3.26. The highest BCUT2D eigenvalue weighted by Gasteiger charge is 2.55. The van der Waals surface area contributed by atoms with Crippen molar-refractivity contribution >= 4 is 17.0 Å².